The number of aromatic nitrogens is 1. The summed E-state index contributed by atoms with van der Waals surface area (Å²) >= 11 is 7.58. The molecule has 21 nitrogen and oxygen atoms in total. The first-order chi connectivity index (χ1) is 24.0. The van der Waals surface area contributed by atoms with Crippen molar-refractivity contribution in [2.45, 2.75) is 35.7 Å². The van der Waals surface area contributed by atoms with E-state index in [1.807, 2.05) is 0 Å². The number of hydrogen-bond donors (Lipinski definition) is 7. The Bertz CT molecular complexity index is 1920. The van der Waals surface area contributed by atoms with Crippen molar-refractivity contribution < 1.29 is 54.0 Å². The molecule has 3 aliphatic heterocycles. The minimum atomic E-state index is -1.95. The van der Waals surface area contributed by atoms with Crippen molar-refractivity contribution in [3.63, 3.8) is 0 Å². The second kappa shape index (κ2) is 13.9. The summed E-state index contributed by atoms with van der Waals surface area (Å²) in [4.78, 5) is 85.6. The highest BCUT2D eigenvalue weighted by Crippen LogP contribution is 2.49. The van der Waals surface area contributed by atoms with Crippen molar-refractivity contribution in [1.82, 2.24) is 30.5 Å². The number of aromatic hydroxyl groups is 2. The third-order valence-corrected chi connectivity index (χ3v) is 10.3. The second-order valence-electron chi connectivity index (χ2n) is 11.3. The lowest BCUT2D eigenvalue weighted by atomic mass is 10.1. The van der Waals surface area contributed by atoms with E-state index in [0.29, 0.717) is 0 Å². The summed E-state index contributed by atoms with van der Waals surface area (Å²) in [5, 5.41) is 53.6. The topological polar surface area (TPSA) is 302 Å². The first-order valence-corrected chi connectivity index (χ1v) is 16.5. The molecule has 0 radical (unpaired) electrons. The standard InChI is InChI=1S/C27H27ClN10O11S2/c1-26(2,22(44)45)49-35-15(12-9-50-24(29)32-12)19(42)33-16-20(43)36-10-27(23(46)47,51-21(16)36)37-7-8-38(25(37)48)31-6-5-30-34-18(41)11-3-4-13(39)17(40)14(11)28/h3-6,9,16,21,39-40H,7-8,10H2,1-2H3,(H2,29,32)(H,33,42)(H,34,41)(H,44,45)(H,46,47)/b30-5+,31-6+,35-15-/t16-,21-,27-/m1/s1. The quantitative estimate of drug-likeness (QED) is 0.0631. The molecular formula is C27H27ClN10O11S2. The lowest BCUT2D eigenvalue weighted by Crippen LogP contribution is -2.68. The minimum absolute atomic E-state index is 0.0461. The van der Waals surface area contributed by atoms with Gasteiger partial charge in [-0.25, -0.2) is 29.8 Å². The number of carboxylic acid groups (broad SMARTS) is 2. The van der Waals surface area contributed by atoms with Gasteiger partial charge >= 0.3 is 18.0 Å². The molecule has 24 heteroatoms. The van der Waals surface area contributed by atoms with E-state index in [1.165, 1.54) is 24.1 Å². The summed E-state index contributed by atoms with van der Waals surface area (Å²) < 4.78 is 0. The van der Waals surface area contributed by atoms with Crippen molar-refractivity contribution in [3.05, 3.63) is 33.8 Å². The van der Waals surface area contributed by atoms with Gasteiger partial charge in [0.1, 0.15) is 17.1 Å². The number of carbonyl (C=O) groups excluding carboxylic acids is 4. The molecule has 1 aromatic carbocycles. The number of nitrogens with two attached hydrogens (primary N) is 1. The van der Waals surface area contributed by atoms with Crippen LogP contribution in [0.25, 0.3) is 0 Å². The number of anilines is 1. The lowest BCUT2D eigenvalue weighted by Gasteiger charge is -2.41. The van der Waals surface area contributed by atoms with Gasteiger partial charge in [-0.2, -0.15) is 10.2 Å². The normalized spacial score (nSPS) is 22.0. The van der Waals surface area contributed by atoms with Gasteiger partial charge in [0.2, 0.25) is 16.4 Å². The predicted octanol–water partition coefficient (Wildman–Crippen LogP) is -0.306. The Balaban J connectivity index is 1.24. The summed E-state index contributed by atoms with van der Waals surface area (Å²) in [6.07, 6.45) is 2.06. The molecule has 5 amide bonds. The van der Waals surface area contributed by atoms with Crippen LogP contribution in [0, 0.1) is 0 Å². The van der Waals surface area contributed by atoms with Crippen molar-refractivity contribution >= 4 is 93.7 Å². The maximum absolute atomic E-state index is 13.3. The first kappa shape index (κ1) is 36.6. The molecule has 2 aromatic rings. The number of hydrazone groups is 2. The number of fused-ring (bicyclic) bond motifs is 1. The highest BCUT2D eigenvalue weighted by molar-refractivity contribution is 8.02. The molecule has 4 heterocycles. The Kier molecular flexibility index (Phi) is 9.98. The van der Waals surface area contributed by atoms with Gasteiger partial charge in [0.15, 0.2) is 22.3 Å². The highest BCUT2D eigenvalue weighted by Gasteiger charge is 2.66. The number of thioether (sulfide) groups is 1. The smallest absolute Gasteiger partial charge is 0.350 e. The molecule has 270 valence electrons. The minimum Gasteiger partial charge on any atom is -0.504 e. The van der Waals surface area contributed by atoms with Crippen molar-refractivity contribution in [2.24, 2.45) is 15.4 Å². The van der Waals surface area contributed by atoms with Crippen LogP contribution in [0.15, 0.2) is 32.9 Å². The van der Waals surface area contributed by atoms with E-state index in [0.717, 1.165) is 57.6 Å². The summed E-state index contributed by atoms with van der Waals surface area (Å²) in [6, 6.07) is 0.151. The van der Waals surface area contributed by atoms with Crippen LogP contribution in [0.5, 0.6) is 11.5 Å². The number of urea groups is 1. The van der Waals surface area contributed by atoms with Crippen LogP contribution in [0.4, 0.5) is 9.93 Å². The fourth-order valence-corrected chi connectivity index (χ4v) is 7.24. The highest BCUT2D eigenvalue weighted by atomic mass is 35.5. The summed E-state index contributed by atoms with van der Waals surface area (Å²) in [6.45, 7) is 1.84. The Morgan fingerprint density at radius 1 is 1.18 bits per heavy atom. The van der Waals surface area contributed by atoms with Crippen LogP contribution in [-0.4, -0.2) is 136 Å². The third kappa shape index (κ3) is 6.89. The molecule has 0 unspecified atom stereocenters. The molecule has 0 spiro atoms. The number of carbonyl (C=O) groups is 6. The van der Waals surface area contributed by atoms with Crippen molar-refractivity contribution in [2.75, 3.05) is 25.4 Å². The largest absolute Gasteiger partial charge is 0.504 e. The molecule has 0 saturated carbocycles. The van der Waals surface area contributed by atoms with Gasteiger partial charge in [0.05, 0.1) is 36.1 Å². The zero-order valence-electron chi connectivity index (χ0n) is 26.2. The molecule has 3 saturated heterocycles. The number of hydrogen-bond acceptors (Lipinski definition) is 16. The number of amides is 5. The SMILES string of the molecule is CC(C)(O/N=C(\C(=O)N[C@@H]1C(=O)N2C[C@@](C(=O)O)(N3CCN(/N=C/C=N/NC(=O)c4ccc(O)c(O)c4Cl)C3=O)S[C@H]12)c1csc(N)n1)C(=O)O. The van der Waals surface area contributed by atoms with Crippen LogP contribution in [-0.2, 0) is 24.0 Å². The van der Waals surface area contributed by atoms with Gasteiger partial charge in [-0.3, -0.25) is 19.3 Å². The number of benzene rings is 1. The number of halogens is 1. The molecular weight excluding hydrogens is 740 g/mol. The third-order valence-electron chi connectivity index (χ3n) is 7.60. The average molecular weight is 767 g/mol. The van der Waals surface area contributed by atoms with Crippen LogP contribution >= 0.6 is 34.7 Å². The van der Waals surface area contributed by atoms with Gasteiger partial charge in [-0.15, -0.1) is 11.3 Å². The number of nitrogen functional groups attached to an aromatic ring is 1. The number of nitrogens with one attached hydrogen (secondary N) is 2. The number of phenols is 2. The van der Waals surface area contributed by atoms with Gasteiger partial charge in [0.25, 0.3) is 11.8 Å². The zero-order valence-corrected chi connectivity index (χ0v) is 28.6. The van der Waals surface area contributed by atoms with E-state index in [9.17, 15) is 49.2 Å². The fraction of sp³-hybridized carbons (Fsp3) is 0.333. The molecule has 3 atom stereocenters. The van der Waals surface area contributed by atoms with Gasteiger partial charge in [0, 0.05) is 11.9 Å². The number of oxime groups is 1. The number of carboxylic acids is 2. The number of thiazole rings is 1. The Morgan fingerprint density at radius 2 is 1.90 bits per heavy atom. The molecule has 3 fully saturated rings. The fourth-order valence-electron chi connectivity index (χ4n) is 4.81. The summed E-state index contributed by atoms with van der Waals surface area (Å²) in [7, 11) is 0. The molecule has 0 aliphatic carbocycles. The zero-order chi connectivity index (χ0) is 37.4. The summed E-state index contributed by atoms with van der Waals surface area (Å²) in [5.74, 6) is -6.46. The maximum atomic E-state index is 13.3. The number of nitrogens with zero attached hydrogens (tertiary/aromatic N) is 7. The summed E-state index contributed by atoms with van der Waals surface area (Å²) in [5.41, 5.74) is 5.25. The lowest BCUT2D eigenvalue weighted by molar-refractivity contribution is -0.161. The Hall–Kier alpha value is -5.68. The molecule has 5 rings (SSSR count). The van der Waals surface area contributed by atoms with Crippen LogP contribution in [0.2, 0.25) is 5.02 Å². The van der Waals surface area contributed by atoms with Crippen LogP contribution in [0.1, 0.15) is 29.9 Å². The number of aliphatic carboxylic acids is 2. The molecule has 51 heavy (non-hydrogen) atoms. The monoisotopic (exact) mass is 766 g/mol. The molecule has 8 N–H and O–H groups in total. The predicted molar refractivity (Wildman–Crippen MR) is 179 cm³/mol. The average Bonchev–Trinajstić information content (AvgIpc) is 3.78. The van der Waals surface area contributed by atoms with E-state index in [-0.39, 0.29) is 29.5 Å². The number of rotatable bonds is 12. The van der Waals surface area contributed by atoms with Gasteiger partial charge in [-0.1, -0.05) is 28.5 Å². The Morgan fingerprint density at radius 3 is 2.55 bits per heavy atom. The van der Waals surface area contributed by atoms with Crippen LogP contribution < -0.4 is 16.5 Å². The number of β-lactam (4-membered cyclic amide) rings is 1. The van der Waals surface area contributed by atoms with Crippen molar-refractivity contribution in [1.29, 1.82) is 0 Å². The van der Waals surface area contributed by atoms with Crippen molar-refractivity contribution in [3.8, 4) is 11.5 Å². The molecule has 1 aromatic heterocycles. The Labute approximate surface area is 299 Å². The maximum Gasteiger partial charge on any atom is 0.350 e. The van der Waals surface area contributed by atoms with E-state index >= 15 is 0 Å². The van der Waals surface area contributed by atoms with Crippen LogP contribution in [0.3, 0.4) is 0 Å². The molecule has 3 aliphatic rings. The van der Waals surface area contributed by atoms with E-state index in [1.54, 1.807) is 0 Å². The van der Waals surface area contributed by atoms with E-state index in [4.69, 9.17) is 22.2 Å². The first-order valence-electron chi connectivity index (χ1n) is 14.4. The van der Waals surface area contributed by atoms with Gasteiger partial charge in [-0.05, 0) is 26.0 Å². The van der Waals surface area contributed by atoms with Gasteiger partial charge < -0.3 is 41.2 Å². The van der Waals surface area contributed by atoms with E-state index in [2.05, 4.69) is 31.1 Å². The number of phenolic OH excluding ortho intramolecular Hbond substituents is 2. The van der Waals surface area contributed by atoms with E-state index < -0.39 is 86.4 Å². The molecule has 0 bridgehead atoms. The second-order valence-corrected chi connectivity index (χ2v) is 13.9.